The fraction of sp³-hybridized carbons (Fsp3) is 0.444. The largest absolute Gasteiger partial charge is 0.396 e. The minimum Gasteiger partial charge on any atom is -0.396 e. The SMILES string of the molecule is Cc1cc(CCCO)c2c(C)ccc(C(C)C)cc1-2. The summed E-state index contributed by atoms with van der Waals surface area (Å²) in [6.45, 7) is 9.12. The average Bonchev–Trinajstić information content (AvgIpc) is 2.55. The lowest BCUT2D eigenvalue weighted by molar-refractivity contribution is 0.288. The first-order chi connectivity index (χ1) is 9.04. The summed E-state index contributed by atoms with van der Waals surface area (Å²) < 4.78 is 0. The molecule has 0 amide bonds. The van der Waals surface area contributed by atoms with E-state index in [1.54, 1.807) is 0 Å². The van der Waals surface area contributed by atoms with Gasteiger partial charge in [-0.05, 0) is 66.0 Å². The summed E-state index contributed by atoms with van der Waals surface area (Å²) in [7, 11) is 0. The second kappa shape index (κ2) is 5.75. The number of rotatable bonds is 4. The molecule has 0 spiro atoms. The van der Waals surface area contributed by atoms with Crippen LogP contribution in [0.1, 0.15) is 48.4 Å². The van der Waals surface area contributed by atoms with Crippen LogP contribution in [-0.4, -0.2) is 11.7 Å². The van der Waals surface area contributed by atoms with E-state index >= 15 is 0 Å². The van der Waals surface area contributed by atoms with E-state index in [4.69, 9.17) is 5.11 Å². The first-order valence-corrected chi connectivity index (χ1v) is 7.18. The van der Waals surface area contributed by atoms with E-state index in [2.05, 4.69) is 52.0 Å². The van der Waals surface area contributed by atoms with E-state index in [1.165, 1.54) is 33.4 Å². The van der Waals surface area contributed by atoms with Gasteiger partial charge in [0, 0.05) is 6.61 Å². The lowest BCUT2D eigenvalue weighted by atomic mass is 9.99. The van der Waals surface area contributed by atoms with E-state index in [9.17, 15) is 0 Å². The highest BCUT2D eigenvalue weighted by Crippen LogP contribution is 2.36. The fourth-order valence-electron chi connectivity index (χ4n) is 2.78. The Kier molecular flexibility index (Phi) is 4.26. The smallest absolute Gasteiger partial charge is 0.0434 e. The molecule has 0 atom stereocenters. The molecule has 2 aliphatic rings. The topological polar surface area (TPSA) is 20.2 Å². The van der Waals surface area contributed by atoms with E-state index in [0.717, 1.165) is 12.8 Å². The summed E-state index contributed by atoms with van der Waals surface area (Å²) in [5.74, 6) is 0.546. The lowest BCUT2D eigenvalue weighted by Crippen LogP contribution is -1.90. The molecule has 2 aliphatic carbocycles. The zero-order valence-corrected chi connectivity index (χ0v) is 12.5. The summed E-state index contributed by atoms with van der Waals surface area (Å²) in [5.41, 5.74) is 8.22. The molecule has 0 aliphatic heterocycles. The number of fused-ring (bicyclic) bond motifs is 1. The van der Waals surface area contributed by atoms with Crippen molar-refractivity contribution in [2.24, 2.45) is 0 Å². The zero-order chi connectivity index (χ0) is 14.0. The van der Waals surface area contributed by atoms with Crippen LogP contribution >= 0.6 is 0 Å². The van der Waals surface area contributed by atoms with Crippen molar-refractivity contribution < 1.29 is 5.11 Å². The molecular formula is C18H24O. The van der Waals surface area contributed by atoms with Crippen molar-refractivity contribution in [3.05, 3.63) is 46.5 Å². The van der Waals surface area contributed by atoms with Gasteiger partial charge in [-0.3, -0.25) is 0 Å². The van der Waals surface area contributed by atoms with Crippen molar-refractivity contribution in [3.63, 3.8) is 0 Å². The van der Waals surface area contributed by atoms with Crippen molar-refractivity contribution in [3.8, 4) is 11.1 Å². The summed E-state index contributed by atoms with van der Waals surface area (Å²) >= 11 is 0. The van der Waals surface area contributed by atoms with Gasteiger partial charge in [-0.2, -0.15) is 0 Å². The Hall–Kier alpha value is -1.34. The summed E-state index contributed by atoms with van der Waals surface area (Å²) in [6.07, 6.45) is 1.80. The molecule has 1 nitrogen and oxygen atoms in total. The quantitative estimate of drug-likeness (QED) is 0.856. The van der Waals surface area contributed by atoms with Gasteiger partial charge in [0.2, 0.25) is 0 Å². The third-order valence-corrected chi connectivity index (χ3v) is 3.91. The Bertz CT molecular complexity index is 540. The molecule has 0 unspecified atom stereocenters. The minimum atomic E-state index is 0.265. The zero-order valence-electron chi connectivity index (χ0n) is 12.5. The van der Waals surface area contributed by atoms with Gasteiger partial charge in [0.25, 0.3) is 0 Å². The maximum Gasteiger partial charge on any atom is 0.0434 e. The first kappa shape index (κ1) is 14.1. The molecular weight excluding hydrogens is 232 g/mol. The van der Waals surface area contributed by atoms with Gasteiger partial charge in [0.15, 0.2) is 0 Å². The molecule has 0 saturated carbocycles. The number of aryl methyl sites for hydroxylation is 3. The lowest BCUT2D eigenvalue weighted by Gasteiger charge is -2.05. The third-order valence-electron chi connectivity index (χ3n) is 3.91. The van der Waals surface area contributed by atoms with E-state index in [-0.39, 0.29) is 6.61 Å². The number of aliphatic hydroxyl groups is 1. The molecule has 0 radical (unpaired) electrons. The van der Waals surface area contributed by atoms with Gasteiger partial charge in [-0.25, -0.2) is 0 Å². The van der Waals surface area contributed by atoms with E-state index in [1.807, 2.05) is 0 Å². The summed E-state index contributed by atoms with van der Waals surface area (Å²) in [5, 5.41) is 9.04. The van der Waals surface area contributed by atoms with Gasteiger partial charge in [-0.1, -0.05) is 38.1 Å². The standard InChI is InChI=1S/C18H24O/c1-12(2)15-8-7-13(3)18-16(6-5-9-19)10-14(4)17(18)11-15/h7-8,10-12,19H,5-6,9H2,1-4H3. The molecule has 2 rings (SSSR count). The molecule has 1 heteroatoms. The van der Waals surface area contributed by atoms with Crippen LogP contribution in [0.5, 0.6) is 0 Å². The molecule has 0 saturated heterocycles. The second-order valence-electron chi connectivity index (χ2n) is 5.78. The monoisotopic (exact) mass is 256 g/mol. The molecule has 0 bridgehead atoms. The third kappa shape index (κ3) is 2.82. The van der Waals surface area contributed by atoms with Gasteiger partial charge in [-0.15, -0.1) is 0 Å². The van der Waals surface area contributed by atoms with Crippen LogP contribution in [0.2, 0.25) is 0 Å². The predicted octanol–water partition coefficient (Wildman–Crippen LogP) is 4.46. The van der Waals surface area contributed by atoms with Crippen molar-refractivity contribution in [2.45, 2.75) is 46.5 Å². The summed E-state index contributed by atoms with van der Waals surface area (Å²) in [4.78, 5) is 0. The molecule has 19 heavy (non-hydrogen) atoms. The molecule has 0 aromatic carbocycles. The van der Waals surface area contributed by atoms with E-state index < -0.39 is 0 Å². The van der Waals surface area contributed by atoms with Gasteiger partial charge >= 0.3 is 0 Å². The molecule has 0 fully saturated rings. The molecule has 0 aromatic rings. The highest BCUT2D eigenvalue weighted by Gasteiger charge is 2.15. The van der Waals surface area contributed by atoms with Crippen molar-refractivity contribution in [1.82, 2.24) is 0 Å². The van der Waals surface area contributed by atoms with Gasteiger partial charge < -0.3 is 5.11 Å². The van der Waals surface area contributed by atoms with Crippen molar-refractivity contribution in [1.29, 1.82) is 0 Å². The average molecular weight is 256 g/mol. The van der Waals surface area contributed by atoms with Crippen LogP contribution < -0.4 is 0 Å². The van der Waals surface area contributed by atoms with Crippen molar-refractivity contribution >= 4 is 0 Å². The Labute approximate surface area is 116 Å². The summed E-state index contributed by atoms with van der Waals surface area (Å²) in [6, 6.07) is 9.11. The minimum absolute atomic E-state index is 0.265. The molecule has 0 heterocycles. The normalized spacial score (nSPS) is 11.5. The first-order valence-electron chi connectivity index (χ1n) is 7.18. The number of hydrogen-bond donors (Lipinski definition) is 1. The maximum atomic E-state index is 9.04. The van der Waals surface area contributed by atoms with Crippen molar-refractivity contribution in [2.75, 3.05) is 6.61 Å². The Morgan fingerprint density at radius 3 is 2.42 bits per heavy atom. The highest BCUT2D eigenvalue weighted by atomic mass is 16.2. The predicted molar refractivity (Wildman–Crippen MR) is 82.0 cm³/mol. The maximum absolute atomic E-state index is 9.04. The van der Waals surface area contributed by atoms with Crippen LogP contribution in [-0.2, 0) is 6.42 Å². The Morgan fingerprint density at radius 2 is 1.79 bits per heavy atom. The molecule has 1 N–H and O–H groups in total. The molecule has 0 aromatic heterocycles. The van der Waals surface area contributed by atoms with Crippen LogP contribution in [0.4, 0.5) is 0 Å². The fourth-order valence-corrected chi connectivity index (χ4v) is 2.78. The van der Waals surface area contributed by atoms with Crippen LogP contribution in [0.3, 0.4) is 0 Å². The van der Waals surface area contributed by atoms with E-state index in [0.29, 0.717) is 5.92 Å². The van der Waals surface area contributed by atoms with Crippen LogP contribution in [0.25, 0.3) is 11.1 Å². The Morgan fingerprint density at radius 1 is 1.05 bits per heavy atom. The van der Waals surface area contributed by atoms with Crippen LogP contribution in [0.15, 0.2) is 24.3 Å². The highest BCUT2D eigenvalue weighted by molar-refractivity contribution is 5.77. The number of hydrogen-bond acceptors (Lipinski definition) is 1. The van der Waals surface area contributed by atoms with Gasteiger partial charge in [0.05, 0.1) is 0 Å². The van der Waals surface area contributed by atoms with Crippen LogP contribution in [0, 0.1) is 13.8 Å². The second-order valence-corrected chi connectivity index (χ2v) is 5.78. The number of aliphatic hydroxyl groups excluding tert-OH is 1. The molecule has 102 valence electrons. The van der Waals surface area contributed by atoms with Gasteiger partial charge in [0.1, 0.15) is 0 Å². The Balaban J connectivity index is 2.57.